The molecule has 0 N–H and O–H groups in total. The minimum absolute atomic E-state index is 0.669. The van der Waals surface area contributed by atoms with Crippen molar-refractivity contribution in [1.29, 1.82) is 0 Å². The number of anilines is 2. The van der Waals surface area contributed by atoms with Crippen LogP contribution in [-0.4, -0.2) is 12.8 Å². The first-order valence-electron chi connectivity index (χ1n) is 5.83. The van der Waals surface area contributed by atoms with E-state index in [0.717, 1.165) is 28.7 Å². The van der Waals surface area contributed by atoms with Crippen LogP contribution >= 0.6 is 15.9 Å². The molecule has 2 rings (SSSR count). The fourth-order valence-corrected chi connectivity index (χ4v) is 2.36. The van der Waals surface area contributed by atoms with Gasteiger partial charge in [0, 0.05) is 28.0 Å². The maximum absolute atomic E-state index is 10.8. The molecule has 0 heterocycles. The highest BCUT2D eigenvalue weighted by atomic mass is 79.9. The Bertz CT molecular complexity index is 539. The number of carbonyl (C=O) groups is 1. The standard InChI is InChI=1S/C15H14BrNO/c1-2-17(13-6-4-3-5-7-13)14-9-8-12(11-18)15(16)10-14/h3-11H,2H2,1H3. The van der Waals surface area contributed by atoms with E-state index < -0.39 is 0 Å². The van der Waals surface area contributed by atoms with Gasteiger partial charge in [-0.05, 0) is 53.2 Å². The summed E-state index contributed by atoms with van der Waals surface area (Å²) >= 11 is 3.42. The Morgan fingerprint density at radius 3 is 2.39 bits per heavy atom. The molecule has 0 saturated carbocycles. The van der Waals surface area contributed by atoms with Crippen LogP contribution in [0.15, 0.2) is 53.0 Å². The Morgan fingerprint density at radius 1 is 1.11 bits per heavy atom. The van der Waals surface area contributed by atoms with Crippen LogP contribution < -0.4 is 4.90 Å². The zero-order valence-corrected chi connectivity index (χ0v) is 11.7. The minimum Gasteiger partial charge on any atom is -0.342 e. The molecule has 3 heteroatoms. The van der Waals surface area contributed by atoms with Crippen molar-refractivity contribution < 1.29 is 4.79 Å². The monoisotopic (exact) mass is 303 g/mol. The molecule has 0 unspecified atom stereocenters. The smallest absolute Gasteiger partial charge is 0.151 e. The molecule has 18 heavy (non-hydrogen) atoms. The van der Waals surface area contributed by atoms with Crippen LogP contribution in [0, 0.1) is 0 Å². The summed E-state index contributed by atoms with van der Waals surface area (Å²) in [5, 5.41) is 0. The lowest BCUT2D eigenvalue weighted by atomic mass is 10.2. The first-order valence-corrected chi connectivity index (χ1v) is 6.63. The third-order valence-electron chi connectivity index (χ3n) is 2.81. The highest BCUT2D eigenvalue weighted by Crippen LogP contribution is 2.28. The quantitative estimate of drug-likeness (QED) is 0.779. The summed E-state index contributed by atoms with van der Waals surface area (Å²) < 4.78 is 0.824. The van der Waals surface area contributed by atoms with E-state index >= 15 is 0 Å². The topological polar surface area (TPSA) is 20.3 Å². The number of nitrogens with zero attached hydrogens (tertiary/aromatic N) is 1. The SMILES string of the molecule is CCN(c1ccccc1)c1ccc(C=O)c(Br)c1. The predicted octanol–water partition coefficient (Wildman–Crippen LogP) is 4.42. The van der Waals surface area contributed by atoms with Crippen LogP contribution in [0.25, 0.3) is 0 Å². The molecule has 0 fully saturated rings. The molecule has 0 aliphatic heterocycles. The van der Waals surface area contributed by atoms with Crippen LogP contribution in [0.3, 0.4) is 0 Å². The molecular weight excluding hydrogens is 290 g/mol. The van der Waals surface area contributed by atoms with E-state index in [4.69, 9.17) is 0 Å². The number of halogens is 1. The van der Waals surface area contributed by atoms with E-state index in [9.17, 15) is 4.79 Å². The zero-order valence-electron chi connectivity index (χ0n) is 10.1. The zero-order chi connectivity index (χ0) is 13.0. The second kappa shape index (κ2) is 5.83. The van der Waals surface area contributed by atoms with Crippen LogP contribution in [0.5, 0.6) is 0 Å². The fourth-order valence-electron chi connectivity index (χ4n) is 1.90. The van der Waals surface area contributed by atoms with Crippen LogP contribution in [0.2, 0.25) is 0 Å². The van der Waals surface area contributed by atoms with Crippen molar-refractivity contribution in [3.63, 3.8) is 0 Å². The Morgan fingerprint density at radius 2 is 1.83 bits per heavy atom. The third kappa shape index (κ3) is 2.62. The fraction of sp³-hybridized carbons (Fsp3) is 0.133. The van der Waals surface area contributed by atoms with Crippen molar-refractivity contribution >= 4 is 33.6 Å². The van der Waals surface area contributed by atoms with E-state index in [0.29, 0.717) is 5.56 Å². The number of rotatable bonds is 4. The Kier molecular flexibility index (Phi) is 4.15. The van der Waals surface area contributed by atoms with Gasteiger partial charge in [-0.3, -0.25) is 4.79 Å². The lowest BCUT2D eigenvalue weighted by molar-refractivity contribution is 0.112. The van der Waals surface area contributed by atoms with E-state index in [1.165, 1.54) is 0 Å². The molecule has 92 valence electrons. The van der Waals surface area contributed by atoms with Crippen molar-refractivity contribution in [2.75, 3.05) is 11.4 Å². The minimum atomic E-state index is 0.669. The predicted molar refractivity (Wildman–Crippen MR) is 78.7 cm³/mol. The molecule has 0 amide bonds. The van der Waals surface area contributed by atoms with Crippen molar-refractivity contribution in [3.05, 3.63) is 58.6 Å². The summed E-state index contributed by atoms with van der Waals surface area (Å²) in [6, 6.07) is 16.0. The van der Waals surface area contributed by atoms with E-state index in [1.807, 2.05) is 36.4 Å². The molecule has 0 radical (unpaired) electrons. The summed E-state index contributed by atoms with van der Waals surface area (Å²) in [5.41, 5.74) is 2.88. The molecule has 0 bridgehead atoms. The van der Waals surface area contributed by atoms with Gasteiger partial charge in [-0.2, -0.15) is 0 Å². The molecule has 0 spiro atoms. The normalized spacial score (nSPS) is 10.1. The van der Waals surface area contributed by atoms with Crippen molar-refractivity contribution in [1.82, 2.24) is 0 Å². The Hall–Kier alpha value is -1.61. The third-order valence-corrected chi connectivity index (χ3v) is 3.49. The summed E-state index contributed by atoms with van der Waals surface area (Å²) in [4.78, 5) is 13.0. The Balaban J connectivity index is 2.40. The second-order valence-electron chi connectivity index (χ2n) is 3.90. The average Bonchev–Trinajstić information content (AvgIpc) is 2.41. The highest BCUT2D eigenvalue weighted by molar-refractivity contribution is 9.10. The van der Waals surface area contributed by atoms with Crippen LogP contribution in [0.4, 0.5) is 11.4 Å². The van der Waals surface area contributed by atoms with Crippen LogP contribution in [-0.2, 0) is 0 Å². The maximum Gasteiger partial charge on any atom is 0.151 e. The molecule has 0 aliphatic carbocycles. The molecule has 2 aromatic rings. The maximum atomic E-state index is 10.8. The van der Waals surface area contributed by atoms with Crippen molar-refractivity contribution in [3.8, 4) is 0 Å². The molecule has 0 aromatic heterocycles. The van der Waals surface area contributed by atoms with Crippen molar-refractivity contribution in [2.24, 2.45) is 0 Å². The number of hydrogen-bond acceptors (Lipinski definition) is 2. The number of aldehydes is 1. The number of hydrogen-bond donors (Lipinski definition) is 0. The van der Waals surface area contributed by atoms with Gasteiger partial charge in [0.2, 0.25) is 0 Å². The largest absolute Gasteiger partial charge is 0.342 e. The van der Waals surface area contributed by atoms with Gasteiger partial charge in [0.1, 0.15) is 0 Å². The first-order chi connectivity index (χ1) is 8.76. The van der Waals surface area contributed by atoms with Gasteiger partial charge < -0.3 is 4.90 Å². The molecule has 2 aromatic carbocycles. The van der Waals surface area contributed by atoms with E-state index in [2.05, 4.69) is 39.9 Å². The first kappa shape index (κ1) is 12.8. The van der Waals surface area contributed by atoms with E-state index in [-0.39, 0.29) is 0 Å². The summed E-state index contributed by atoms with van der Waals surface area (Å²) in [7, 11) is 0. The molecular formula is C15H14BrNO. The molecule has 0 atom stereocenters. The molecule has 0 saturated heterocycles. The van der Waals surface area contributed by atoms with Gasteiger partial charge in [0.15, 0.2) is 6.29 Å². The van der Waals surface area contributed by atoms with Gasteiger partial charge in [-0.25, -0.2) is 0 Å². The second-order valence-corrected chi connectivity index (χ2v) is 4.76. The lowest BCUT2D eigenvalue weighted by Gasteiger charge is -2.23. The number of carbonyl (C=O) groups excluding carboxylic acids is 1. The highest BCUT2D eigenvalue weighted by Gasteiger charge is 2.08. The summed E-state index contributed by atoms with van der Waals surface area (Å²) in [5.74, 6) is 0. The van der Waals surface area contributed by atoms with Crippen molar-refractivity contribution in [2.45, 2.75) is 6.92 Å². The summed E-state index contributed by atoms with van der Waals surface area (Å²) in [6.07, 6.45) is 0.854. The van der Waals surface area contributed by atoms with Gasteiger partial charge in [-0.15, -0.1) is 0 Å². The van der Waals surface area contributed by atoms with Crippen LogP contribution in [0.1, 0.15) is 17.3 Å². The Labute approximate surface area is 115 Å². The van der Waals surface area contributed by atoms with Gasteiger partial charge in [0.05, 0.1) is 0 Å². The van der Waals surface area contributed by atoms with E-state index in [1.54, 1.807) is 0 Å². The lowest BCUT2D eigenvalue weighted by Crippen LogP contribution is -2.15. The molecule has 0 aliphatic rings. The summed E-state index contributed by atoms with van der Waals surface area (Å²) in [6.45, 7) is 2.98. The number of para-hydroxylation sites is 1. The van der Waals surface area contributed by atoms with Gasteiger partial charge >= 0.3 is 0 Å². The average molecular weight is 304 g/mol. The number of benzene rings is 2. The molecule has 2 nitrogen and oxygen atoms in total. The van der Waals surface area contributed by atoms with Gasteiger partial charge in [0.25, 0.3) is 0 Å². The van der Waals surface area contributed by atoms with Gasteiger partial charge in [-0.1, -0.05) is 18.2 Å².